The van der Waals surface area contributed by atoms with E-state index in [2.05, 4.69) is 20.9 Å². The normalized spacial score (nSPS) is 12.9. The van der Waals surface area contributed by atoms with E-state index in [1.165, 1.54) is 11.7 Å². The van der Waals surface area contributed by atoms with E-state index in [4.69, 9.17) is 9.47 Å². The van der Waals surface area contributed by atoms with Gasteiger partial charge < -0.3 is 14.5 Å². The third-order valence-electron chi connectivity index (χ3n) is 4.35. The molecule has 1 heterocycles. The maximum atomic E-state index is 12.8. The van der Waals surface area contributed by atoms with Crippen LogP contribution in [0, 0.1) is 0 Å². The lowest BCUT2D eigenvalue weighted by Crippen LogP contribution is -2.28. The van der Waals surface area contributed by atoms with Crippen molar-refractivity contribution in [3.8, 4) is 11.5 Å². The SMILES string of the molecule is CCOc1cc([C@@H](CS(C)(=O)=O)n2c(=O)[nH]c3c(Br)cccc32)ccc1OC. The van der Waals surface area contributed by atoms with Crippen LogP contribution in [0.5, 0.6) is 11.5 Å². The van der Waals surface area contributed by atoms with E-state index in [1.807, 2.05) is 13.0 Å². The highest BCUT2D eigenvalue weighted by atomic mass is 79.9. The molecule has 0 fully saturated rings. The Labute approximate surface area is 171 Å². The minimum atomic E-state index is -3.39. The van der Waals surface area contributed by atoms with Crippen LogP contribution in [0.1, 0.15) is 18.5 Å². The van der Waals surface area contributed by atoms with Gasteiger partial charge in [-0.05, 0) is 52.7 Å². The minimum Gasteiger partial charge on any atom is -0.493 e. The van der Waals surface area contributed by atoms with Crippen LogP contribution in [0.3, 0.4) is 0 Å². The molecule has 9 heteroatoms. The first kappa shape index (κ1) is 20.5. The summed E-state index contributed by atoms with van der Waals surface area (Å²) in [6, 6.07) is 9.85. The van der Waals surface area contributed by atoms with E-state index in [9.17, 15) is 13.2 Å². The topological polar surface area (TPSA) is 90.4 Å². The Morgan fingerprint density at radius 2 is 1.96 bits per heavy atom. The highest BCUT2D eigenvalue weighted by Crippen LogP contribution is 2.33. The molecule has 28 heavy (non-hydrogen) atoms. The van der Waals surface area contributed by atoms with Crippen LogP contribution in [0.4, 0.5) is 0 Å². The van der Waals surface area contributed by atoms with Crippen molar-refractivity contribution in [3.05, 3.63) is 56.9 Å². The zero-order valence-electron chi connectivity index (χ0n) is 15.7. The number of hydrogen-bond donors (Lipinski definition) is 1. The van der Waals surface area contributed by atoms with Gasteiger partial charge in [0.05, 0.1) is 36.5 Å². The van der Waals surface area contributed by atoms with Gasteiger partial charge >= 0.3 is 5.69 Å². The van der Waals surface area contributed by atoms with Crippen LogP contribution in [0.25, 0.3) is 11.0 Å². The number of aromatic amines is 1. The van der Waals surface area contributed by atoms with E-state index in [1.54, 1.807) is 30.3 Å². The molecule has 1 aromatic heterocycles. The molecule has 7 nitrogen and oxygen atoms in total. The maximum absolute atomic E-state index is 12.8. The van der Waals surface area contributed by atoms with E-state index in [-0.39, 0.29) is 11.4 Å². The van der Waals surface area contributed by atoms with E-state index in [0.29, 0.717) is 34.7 Å². The number of H-pyrrole nitrogens is 1. The maximum Gasteiger partial charge on any atom is 0.327 e. The van der Waals surface area contributed by atoms with Crippen molar-refractivity contribution in [1.29, 1.82) is 0 Å². The van der Waals surface area contributed by atoms with Gasteiger partial charge in [-0.25, -0.2) is 13.2 Å². The second-order valence-electron chi connectivity index (χ2n) is 6.39. The molecule has 1 atom stereocenters. The smallest absolute Gasteiger partial charge is 0.327 e. The van der Waals surface area contributed by atoms with E-state index < -0.39 is 15.9 Å². The van der Waals surface area contributed by atoms with Crippen LogP contribution in [0.2, 0.25) is 0 Å². The van der Waals surface area contributed by atoms with Crippen molar-refractivity contribution in [3.63, 3.8) is 0 Å². The Kier molecular flexibility index (Phi) is 5.85. The van der Waals surface area contributed by atoms with Gasteiger partial charge in [0.15, 0.2) is 11.5 Å². The highest BCUT2D eigenvalue weighted by molar-refractivity contribution is 9.10. The number of halogens is 1. The first-order valence-corrected chi connectivity index (χ1v) is 11.5. The molecule has 0 unspecified atom stereocenters. The lowest BCUT2D eigenvalue weighted by Gasteiger charge is -2.20. The first-order chi connectivity index (χ1) is 13.2. The lowest BCUT2D eigenvalue weighted by molar-refractivity contribution is 0.310. The number of aromatic nitrogens is 2. The molecule has 3 aromatic rings. The number of nitrogens with one attached hydrogen (secondary N) is 1. The fraction of sp³-hybridized carbons (Fsp3) is 0.316. The Bertz CT molecular complexity index is 1170. The number of sulfone groups is 1. The fourth-order valence-corrected chi connectivity index (χ4v) is 4.57. The zero-order chi connectivity index (χ0) is 20.5. The second-order valence-corrected chi connectivity index (χ2v) is 9.42. The van der Waals surface area contributed by atoms with Crippen molar-refractivity contribution in [2.45, 2.75) is 13.0 Å². The number of fused-ring (bicyclic) bond motifs is 1. The van der Waals surface area contributed by atoms with Gasteiger partial charge in [0.2, 0.25) is 0 Å². The van der Waals surface area contributed by atoms with Crippen molar-refractivity contribution < 1.29 is 17.9 Å². The number of nitrogens with zero attached hydrogens (tertiary/aromatic N) is 1. The van der Waals surface area contributed by atoms with Gasteiger partial charge in [-0.3, -0.25) is 4.57 Å². The molecule has 150 valence electrons. The predicted octanol–water partition coefficient (Wildman–Crippen LogP) is 3.13. The molecule has 2 aromatic carbocycles. The van der Waals surface area contributed by atoms with Gasteiger partial charge in [-0.1, -0.05) is 12.1 Å². The average Bonchev–Trinajstić information content (AvgIpc) is 2.96. The number of methoxy groups -OCH3 is 1. The van der Waals surface area contributed by atoms with Crippen LogP contribution in [0.15, 0.2) is 45.7 Å². The Balaban J connectivity index is 2.25. The largest absolute Gasteiger partial charge is 0.493 e. The number of benzene rings is 2. The Morgan fingerprint density at radius 1 is 1.21 bits per heavy atom. The fourth-order valence-electron chi connectivity index (χ4n) is 3.20. The summed E-state index contributed by atoms with van der Waals surface area (Å²) in [7, 11) is -1.86. The van der Waals surface area contributed by atoms with Crippen molar-refractivity contribution in [1.82, 2.24) is 9.55 Å². The van der Waals surface area contributed by atoms with Gasteiger partial charge in [-0.2, -0.15) is 0 Å². The summed E-state index contributed by atoms with van der Waals surface area (Å²) in [5.74, 6) is 0.803. The molecular formula is C19H21BrN2O5S. The van der Waals surface area contributed by atoms with Crippen LogP contribution < -0.4 is 15.2 Å². The standard InChI is InChI=1S/C19H21BrN2O5S/c1-4-27-17-10-12(8-9-16(17)26-2)15(11-28(3,24)25)22-14-7-5-6-13(20)18(14)21-19(22)23/h5-10,15H,4,11H2,1-3H3,(H,21,23)/t15-/m1/s1. The first-order valence-electron chi connectivity index (χ1n) is 8.62. The summed E-state index contributed by atoms with van der Waals surface area (Å²) in [4.78, 5) is 15.6. The van der Waals surface area contributed by atoms with Crippen molar-refractivity contribution in [2.24, 2.45) is 0 Å². The van der Waals surface area contributed by atoms with Gasteiger partial charge in [0.1, 0.15) is 9.84 Å². The third kappa shape index (κ3) is 4.10. The number of hydrogen-bond acceptors (Lipinski definition) is 5. The molecular weight excluding hydrogens is 448 g/mol. The van der Waals surface area contributed by atoms with Gasteiger partial charge in [-0.15, -0.1) is 0 Å². The molecule has 0 radical (unpaired) electrons. The summed E-state index contributed by atoms with van der Waals surface area (Å²) in [6.07, 6.45) is 1.16. The second kappa shape index (κ2) is 8.00. The molecule has 0 aliphatic heterocycles. The number of rotatable bonds is 7. The van der Waals surface area contributed by atoms with Crippen molar-refractivity contribution >= 4 is 36.8 Å². The highest BCUT2D eigenvalue weighted by Gasteiger charge is 2.25. The summed E-state index contributed by atoms with van der Waals surface area (Å²) in [5.41, 5.74) is 1.48. The summed E-state index contributed by atoms with van der Waals surface area (Å²) < 4.78 is 37.5. The molecule has 0 saturated carbocycles. The van der Waals surface area contributed by atoms with Crippen LogP contribution in [-0.4, -0.2) is 43.7 Å². The molecule has 1 N–H and O–H groups in total. The minimum absolute atomic E-state index is 0.232. The van der Waals surface area contributed by atoms with Crippen LogP contribution in [-0.2, 0) is 9.84 Å². The number of imidazole rings is 1. The Morgan fingerprint density at radius 3 is 2.61 bits per heavy atom. The van der Waals surface area contributed by atoms with Crippen LogP contribution >= 0.6 is 15.9 Å². The van der Waals surface area contributed by atoms with Gasteiger partial charge in [0, 0.05) is 10.7 Å². The summed E-state index contributed by atoms with van der Waals surface area (Å²) in [5, 5.41) is 0. The Hall–Kier alpha value is -2.26. The number of para-hydroxylation sites is 1. The molecule has 0 spiro atoms. The average molecular weight is 469 g/mol. The molecule has 3 rings (SSSR count). The molecule has 0 bridgehead atoms. The van der Waals surface area contributed by atoms with E-state index in [0.717, 1.165) is 10.7 Å². The lowest BCUT2D eigenvalue weighted by atomic mass is 10.1. The van der Waals surface area contributed by atoms with E-state index >= 15 is 0 Å². The zero-order valence-corrected chi connectivity index (χ0v) is 18.1. The number of ether oxygens (including phenoxy) is 2. The molecule has 0 aliphatic rings. The monoisotopic (exact) mass is 468 g/mol. The third-order valence-corrected chi connectivity index (χ3v) is 5.93. The molecule has 0 saturated heterocycles. The predicted molar refractivity (Wildman–Crippen MR) is 112 cm³/mol. The van der Waals surface area contributed by atoms with Gasteiger partial charge in [0.25, 0.3) is 0 Å². The van der Waals surface area contributed by atoms with Crippen molar-refractivity contribution in [2.75, 3.05) is 25.7 Å². The summed E-state index contributed by atoms with van der Waals surface area (Å²) in [6.45, 7) is 2.28. The molecule has 0 aliphatic carbocycles. The quantitative estimate of drug-likeness (QED) is 0.574. The summed E-state index contributed by atoms with van der Waals surface area (Å²) >= 11 is 3.42. The molecule has 0 amide bonds.